The normalized spacial score (nSPS) is 14.1. The number of rotatable bonds is 5. The number of benzene rings is 1. The molecular weight excluding hydrogens is 286 g/mol. The van der Waals surface area contributed by atoms with Gasteiger partial charge in [-0.1, -0.05) is 6.92 Å². The third kappa shape index (κ3) is 3.71. The van der Waals surface area contributed by atoms with E-state index in [-0.39, 0.29) is 24.1 Å². The number of anilines is 1. The van der Waals surface area contributed by atoms with Gasteiger partial charge in [0.15, 0.2) is 0 Å². The fourth-order valence-corrected chi connectivity index (χ4v) is 1.80. The number of aromatic carboxylic acids is 1. The predicted octanol–water partition coefficient (Wildman–Crippen LogP) is 2.58. The zero-order valence-electron chi connectivity index (χ0n) is 9.77. The maximum atomic E-state index is 10.8. The second-order valence-corrected chi connectivity index (χ2v) is 4.95. The Morgan fingerprint density at radius 1 is 1.47 bits per heavy atom. The van der Waals surface area contributed by atoms with Crippen LogP contribution in [0.2, 0.25) is 0 Å². The van der Waals surface area contributed by atoms with Crippen LogP contribution in [0.4, 0.5) is 5.69 Å². The molecule has 0 aliphatic heterocycles. The molecule has 0 radical (unpaired) electrons. The Morgan fingerprint density at radius 3 is 2.59 bits per heavy atom. The van der Waals surface area contributed by atoms with E-state index >= 15 is 0 Å². The van der Waals surface area contributed by atoms with Crippen molar-refractivity contribution in [1.29, 1.82) is 0 Å². The number of carboxylic acid groups (broad SMARTS) is 1. The third-order valence-corrected chi connectivity index (χ3v) is 3.40. The van der Waals surface area contributed by atoms with Crippen molar-refractivity contribution in [3.8, 4) is 0 Å². The van der Waals surface area contributed by atoms with E-state index in [1.165, 1.54) is 0 Å². The summed E-state index contributed by atoms with van der Waals surface area (Å²) in [6, 6.07) is 4.92. The molecule has 2 unspecified atom stereocenters. The van der Waals surface area contributed by atoms with E-state index < -0.39 is 5.97 Å². The Bertz CT molecular complexity index is 409. The second kappa shape index (κ2) is 6.02. The average Bonchev–Trinajstić information content (AvgIpc) is 2.30. The van der Waals surface area contributed by atoms with Crippen LogP contribution >= 0.6 is 15.9 Å². The van der Waals surface area contributed by atoms with Gasteiger partial charge in [0, 0.05) is 22.8 Å². The van der Waals surface area contributed by atoms with Crippen molar-refractivity contribution in [1.82, 2.24) is 0 Å². The van der Waals surface area contributed by atoms with Gasteiger partial charge in [-0.2, -0.15) is 0 Å². The van der Waals surface area contributed by atoms with Crippen LogP contribution in [0.5, 0.6) is 0 Å². The highest BCUT2D eigenvalue weighted by atomic mass is 79.9. The minimum Gasteiger partial charge on any atom is -0.478 e. The molecule has 5 heteroatoms. The Labute approximate surface area is 109 Å². The first-order valence-electron chi connectivity index (χ1n) is 5.36. The van der Waals surface area contributed by atoms with Crippen LogP contribution in [0.1, 0.15) is 24.2 Å². The maximum Gasteiger partial charge on any atom is 0.335 e. The Hall–Kier alpha value is -1.07. The summed E-state index contributed by atoms with van der Waals surface area (Å²) < 4.78 is 0.703. The molecule has 0 aliphatic carbocycles. The summed E-state index contributed by atoms with van der Waals surface area (Å²) in [5, 5.41) is 21.1. The number of aliphatic hydroxyl groups is 1. The van der Waals surface area contributed by atoms with E-state index in [1.807, 2.05) is 13.8 Å². The number of hydrogen-bond acceptors (Lipinski definition) is 3. The summed E-state index contributed by atoms with van der Waals surface area (Å²) in [5.74, 6) is -0.824. The lowest BCUT2D eigenvalue weighted by molar-refractivity contribution is 0.0697. The molecule has 0 spiro atoms. The number of nitrogens with one attached hydrogen (secondary N) is 1. The molecule has 3 N–H and O–H groups in total. The van der Waals surface area contributed by atoms with E-state index in [9.17, 15) is 4.79 Å². The van der Waals surface area contributed by atoms with Crippen molar-refractivity contribution >= 4 is 27.6 Å². The van der Waals surface area contributed by atoms with Crippen LogP contribution in [0, 0.1) is 5.92 Å². The van der Waals surface area contributed by atoms with Gasteiger partial charge in [-0.05, 0) is 47.0 Å². The largest absolute Gasteiger partial charge is 0.478 e. The van der Waals surface area contributed by atoms with Crippen LogP contribution in [0.15, 0.2) is 22.7 Å². The first kappa shape index (κ1) is 14.0. The monoisotopic (exact) mass is 301 g/mol. The highest BCUT2D eigenvalue weighted by Gasteiger charge is 2.13. The van der Waals surface area contributed by atoms with E-state index in [1.54, 1.807) is 18.2 Å². The number of halogens is 1. The zero-order chi connectivity index (χ0) is 13.0. The summed E-state index contributed by atoms with van der Waals surface area (Å²) in [6.07, 6.45) is 0. The van der Waals surface area contributed by atoms with Crippen LogP contribution in [-0.4, -0.2) is 28.8 Å². The Balaban J connectivity index is 2.82. The fourth-order valence-electron chi connectivity index (χ4n) is 1.31. The summed E-state index contributed by atoms with van der Waals surface area (Å²) in [4.78, 5) is 10.8. The summed E-state index contributed by atoms with van der Waals surface area (Å²) in [7, 11) is 0. The number of carbonyl (C=O) groups is 1. The molecule has 1 aromatic rings. The number of carboxylic acids is 1. The molecule has 0 saturated carbocycles. The molecule has 1 aromatic carbocycles. The van der Waals surface area contributed by atoms with Gasteiger partial charge in [0.1, 0.15) is 0 Å². The van der Waals surface area contributed by atoms with Gasteiger partial charge >= 0.3 is 5.97 Å². The van der Waals surface area contributed by atoms with Crippen molar-refractivity contribution in [2.75, 3.05) is 11.9 Å². The first-order valence-corrected chi connectivity index (χ1v) is 6.15. The molecule has 1 rings (SSSR count). The standard InChI is InChI=1S/C12H16BrNO3/c1-7(6-15)8(2)14-11-4-3-9(12(16)17)5-10(11)13/h3-5,7-8,14-15H,6H2,1-2H3,(H,16,17). The Kier molecular flexibility index (Phi) is 4.96. The van der Waals surface area contributed by atoms with Gasteiger partial charge in [0.2, 0.25) is 0 Å². The zero-order valence-corrected chi connectivity index (χ0v) is 11.4. The molecule has 4 nitrogen and oxygen atoms in total. The fraction of sp³-hybridized carbons (Fsp3) is 0.417. The van der Waals surface area contributed by atoms with Crippen LogP contribution in [-0.2, 0) is 0 Å². The summed E-state index contributed by atoms with van der Waals surface area (Å²) >= 11 is 3.33. The van der Waals surface area contributed by atoms with E-state index in [0.29, 0.717) is 4.47 Å². The molecule has 0 heterocycles. The quantitative estimate of drug-likeness (QED) is 0.782. The average molecular weight is 302 g/mol. The molecule has 0 saturated heterocycles. The highest BCUT2D eigenvalue weighted by Crippen LogP contribution is 2.25. The summed E-state index contributed by atoms with van der Waals surface area (Å²) in [6.45, 7) is 4.02. The van der Waals surface area contributed by atoms with Gasteiger partial charge in [0.05, 0.1) is 5.56 Å². The van der Waals surface area contributed by atoms with Gasteiger partial charge < -0.3 is 15.5 Å². The van der Waals surface area contributed by atoms with Crippen LogP contribution < -0.4 is 5.32 Å². The van der Waals surface area contributed by atoms with E-state index in [4.69, 9.17) is 10.2 Å². The summed E-state index contributed by atoms with van der Waals surface area (Å²) in [5.41, 5.74) is 1.06. The molecule has 17 heavy (non-hydrogen) atoms. The Morgan fingerprint density at radius 2 is 2.12 bits per heavy atom. The van der Waals surface area contributed by atoms with Crippen molar-refractivity contribution in [2.24, 2.45) is 5.92 Å². The molecule has 0 amide bonds. The number of aliphatic hydroxyl groups excluding tert-OH is 1. The molecule has 0 aromatic heterocycles. The SMILES string of the molecule is CC(CO)C(C)Nc1ccc(C(=O)O)cc1Br. The topological polar surface area (TPSA) is 69.6 Å². The van der Waals surface area contributed by atoms with Crippen LogP contribution in [0.25, 0.3) is 0 Å². The predicted molar refractivity (Wildman–Crippen MR) is 70.4 cm³/mol. The minimum absolute atomic E-state index is 0.104. The van der Waals surface area contributed by atoms with Gasteiger partial charge in [-0.25, -0.2) is 4.79 Å². The lowest BCUT2D eigenvalue weighted by atomic mass is 10.0. The molecular formula is C12H16BrNO3. The highest BCUT2D eigenvalue weighted by molar-refractivity contribution is 9.10. The van der Waals surface area contributed by atoms with Crippen molar-refractivity contribution in [2.45, 2.75) is 19.9 Å². The van der Waals surface area contributed by atoms with Gasteiger partial charge in [-0.15, -0.1) is 0 Å². The maximum absolute atomic E-state index is 10.8. The molecule has 0 fully saturated rings. The van der Waals surface area contributed by atoms with E-state index in [0.717, 1.165) is 5.69 Å². The van der Waals surface area contributed by atoms with Crippen molar-refractivity contribution < 1.29 is 15.0 Å². The minimum atomic E-state index is -0.950. The van der Waals surface area contributed by atoms with Gasteiger partial charge in [0.25, 0.3) is 0 Å². The first-order chi connectivity index (χ1) is 7.95. The van der Waals surface area contributed by atoms with E-state index in [2.05, 4.69) is 21.2 Å². The third-order valence-electron chi connectivity index (χ3n) is 2.74. The molecule has 2 atom stereocenters. The lowest BCUT2D eigenvalue weighted by Crippen LogP contribution is -2.26. The molecule has 94 valence electrons. The van der Waals surface area contributed by atoms with Crippen LogP contribution in [0.3, 0.4) is 0 Å². The van der Waals surface area contributed by atoms with Crippen molar-refractivity contribution in [3.05, 3.63) is 28.2 Å². The van der Waals surface area contributed by atoms with Crippen molar-refractivity contribution in [3.63, 3.8) is 0 Å². The molecule has 0 bridgehead atoms. The number of hydrogen-bond donors (Lipinski definition) is 3. The lowest BCUT2D eigenvalue weighted by Gasteiger charge is -2.21. The second-order valence-electron chi connectivity index (χ2n) is 4.09. The van der Waals surface area contributed by atoms with Gasteiger partial charge in [-0.3, -0.25) is 0 Å². The smallest absolute Gasteiger partial charge is 0.335 e. The molecule has 0 aliphatic rings.